The summed E-state index contributed by atoms with van der Waals surface area (Å²) in [5.74, 6) is -0.0357. The van der Waals surface area contributed by atoms with Gasteiger partial charge < -0.3 is 19.9 Å². The van der Waals surface area contributed by atoms with Crippen molar-refractivity contribution in [2.24, 2.45) is 0 Å². The van der Waals surface area contributed by atoms with E-state index >= 15 is 0 Å². The number of nitrogens with one attached hydrogen (secondary N) is 2. The number of amides is 3. The number of rotatable bonds is 3. The molecule has 3 heterocycles. The molecule has 4 rings (SSSR count). The Kier molecular flexibility index (Phi) is 5.50. The van der Waals surface area contributed by atoms with E-state index in [-0.39, 0.29) is 18.0 Å². The maximum absolute atomic E-state index is 12.8. The molecule has 0 radical (unpaired) electrons. The van der Waals surface area contributed by atoms with Crippen LogP contribution in [0.15, 0.2) is 24.5 Å². The van der Waals surface area contributed by atoms with Gasteiger partial charge in [-0.1, -0.05) is 19.3 Å². The highest BCUT2D eigenvalue weighted by molar-refractivity contribution is 5.93. The molecule has 0 aromatic carbocycles. The van der Waals surface area contributed by atoms with Gasteiger partial charge in [0.05, 0.1) is 0 Å². The molecule has 1 aliphatic heterocycles. The Morgan fingerprint density at radius 2 is 1.71 bits per heavy atom. The Hall–Kier alpha value is -2.57. The van der Waals surface area contributed by atoms with Crippen LogP contribution in [0.3, 0.4) is 0 Å². The monoisotopic (exact) mass is 383 g/mol. The van der Waals surface area contributed by atoms with Crippen molar-refractivity contribution in [2.45, 2.75) is 64.0 Å². The van der Waals surface area contributed by atoms with E-state index in [4.69, 9.17) is 0 Å². The average Bonchev–Trinajstić information content (AvgIpc) is 3.12. The molecule has 150 valence electrons. The summed E-state index contributed by atoms with van der Waals surface area (Å²) in [6.45, 7) is 3.29. The van der Waals surface area contributed by atoms with Gasteiger partial charge in [-0.2, -0.15) is 0 Å². The second-order valence-electron chi connectivity index (χ2n) is 8.11. The van der Waals surface area contributed by atoms with Crippen LogP contribution in [-0.2, 0) is 0 Å². The van der Waals surface area contributed by atoms with Crippen LogP contribution in [0.4, 0.5) is 4.79 Å². The lowest BCUT2D eigenvalue weighted by molar-refractivity contribution is 0.0703. The normalized spacial score (nSPS) is 19.0. The third-order valence-electron chi connectivity index (χ3n) is 5.89. The standard InChI is InChI=1S/C21H29N5O2/c1-15-7-10-26-14-18(24-19(26)13-15)20(27)25-11-8-17(9-12-25)23-21(28)22-16-5-3-2-4-6-16/h7,10,13-14,16-17H,2-6,8-9,11-12H2,1H3,(H2,22,23,28). The molecule has 0 unspecified atom stereocenters. The van der Waals surface area contributed by atoms with Crippen molar-refractivity contribution in [3.8, 4) is 0 Å². The molecule has 2 aliphatic rings. The van der Waals surface area contributed by atoms with E-state index in [1.54, 1.807) is 6.20 Å². The largest absolute Gasteiger partial charge is 0.337 e. The molecular formula is C21H29N5O2. The number of carbonyl (C=O) groups excluding carboxylic acids is 2. The molecule has 28 heavy (non-hydrogen) atoms. The average molecular weight is 383 g/mol. The van der Waals surface area contributed by atoms with Gasteiger partial charge in [0.25, 0.3) is 5.91 Å². The summed E-state index contributed by atoms with van der Waals surface area (Å²) < 4.78 is 1.88. The summed E-state index contributed by atoms with van der Waals surface area (Å²) in [6.07, 6.45) is 11.1. The van der Waals surface area contributed by atoms with Gasteiger partial charge in [0, 0.05) is 37.6 Å². The Bertz CT molecular complexity index is 848. The number of carbonyl (C=O) groups is 2. The summed E-state index contributed by atoms with van der Waals surface area (Å²) in [6, 6.07) is 4.34. The number of imidazole rings is 1. The highest BCUT2D eigenvalue weighted by Crippen LogP contribution is 2.18. The quantitative estimate of drug-likeness (QED) is 0.855. The Balaban J connectivity index is 1.28. The number of urea groups is 1. The maximum Gasteiger partial charge on any atom is 0.315 e. The lowest BCUT2D eigenvalue weighted by Gasteiger charge is -2.32. The Morgan fingerprint density at radius 1 is 1.04 bits per heavy atom. The van der Waals surface area contributed by atoms with Crippen LogP contribution in [0.25, 0.3) is 5.65 Å². The zero-order valence-electron chi connectivity index (χ0n) is 16.5. The van der Waals surface area contributed by atoms with Gasteiger partial charge >= 0.3 is 6.03 Å². The number of hydrogen-bond donors (Lipinski definition) is 2. The van der Waals surface area contributed by atoms with Crippen molar-refractivity contribution in [3.63, 3.8) is 0 Å². The minimum atomic E-state index is -0.0626. The van der Waals surface area contributed by atoms with Gasteiger partial charge in [-0.05, 0) is 50.3 Å². The molecule has 1 saturated heterocycles. The molecular weight excluding hydrogens is 354 g/mol. The van der Waals surface area contributed by atoms with E-state index in [0.29, 0.717) is 24.8 Å². The Labute approximate surface area is 165 Å². The maximum atomic E-state index is 12.8. The number of aromatic nitrogens is 2. The lowest BCUT2D eigenvalue weighted by Crippen LogP contribution is -2.51. The summed E-state index contributed by atoms with van der Waals surface area (Å²) in [5.41, 5.74) is 2.39. The number of hydrogen-bond acceptors (Lipinski definition) is 3. The summed E-state index contributed by atoms with van der Waals surface area (Å²) in [5, 5.41) is 6.19. The zero-order valence-corrected chi connectivity index (χ0v) is 16.5. The number of piperidine rings is 1. The fourth-order valence-corrected chi connectivity index (χ4v) is 4.24. The lowest BCUT2D eigenvalue weighted by atomic mass is 9.96. The van der Waals surface area contributed by atoms with Crippen LogP contribution in [-0.4, -0.2) is 51.4 Å². The van der Waals surface area contributed by atoms with Crippen LogP contribution < -0.4 is 10.6 Å². The number of pyridine rings is 1. The first-order valence-electron chi connectivity index (χ1n) is 10.4. The van der Waals surface area contributed by atoms with Crippen LogP contribution in [0.5, 0.6) is 0 Å². The fraction of sp³-hybridized carbons (Fsp3) is 0.571. The molecule has 2 fully saturated rings. The molecule has 3 amide bonds. The summed E-state index contributed by atoms with van der Waals surface area (Å²) in [4.78, 5) is 31.3. The van der Waals surface area contributed by atoms with Crippen LogP contribution in [0.1, 0.15) is 61.0 Å². The molecule has 0 atom stereocenters. The van der Waals surface area contributed by atoms with Crippen LogP contribution in [0, 0.1) is 6.92 Å². The number of likely N-dealkylation sites (tertiary alicyclic amines) is 1. The van der Waals surface area contributed by atoms with Gasteiger partial charge in [0.1, 0.15) is 11.3 Å². The first-order valence-corrected chi connectivity index (χ1v) is 10.4. The predicted molar refractivity (Wildman–Crippen MR) is 107 cm³/mol. The summed E-state index contributed by atoms with van der Waals surface area (Å²) >= 11 is 0. The van der Waals surface area contributed by atoms with Crippen molar-refractivity contribution in [1.29, 1.82) is 0 Å². The van der Waals surface area contributed by atoms with Crippen molar-refractivity contribution >= 4 is 17.6 Å². The van der Waals surface area contributed by atoms with E-state index in [0.717, 1.165) is 36.9 Å². The van der Waals surface area contributed by atoms with E-state index in [1.165, 1.54) is 19.3 Å². The topological polar surface area (TPSA) is 78.7 Å². The van der Waals surface area contributed by atoms with Gasteiger partial charge in [-0.3, -0.25) is 4.79 Å². The number of fused-ring (bicyclic) bond motifs is 1. The van der Waals surface area contributed by atoms with E-state index in [1.807, 2.05) is 34.6 Å². The summed E-state index contributed by atoms with van der Waals surface area (Å²) in [7, 11) is 0. The first kappa shape index (κ1) is 18.8. The molecule has 0 bridgehead atoms. The Morgan fingerprint density at radius 3 is 2.43 bits per heavy atom. The molecule has 7 nitrogen and oxygen atoms in total. The minimum Gasteiger partial charge on any atom is -0.337 e. The van der Waals surface area contributed by atoms with Gasteiger partial charge in [0.2, 0.25) is 0 Å². The van der Waals surface area contributed by atoms with Gasteiger partial charge in [-0.25, -0.2) is 9.78 Å². The van der Waals surface area contributed by atoms with E-state index in [9.17, 15) is 9.59 Å². The van der Waals surface area contributed by atoms with E-state index in [2.05, 4.69) is 15.6 Å². The molecule has 2 N–H and O–H groups in total. The van der Waals surface area contributed by atoms with Crippen molar-refractivity contribution in [1.82, 2.24) is 24.9 Å². The SMILES string of the molecule is Cc1ccn2cc(C(=O)N3CCC(NC(=O)NC4CCCCC4)CC3)nc2c1. The molecule has 2 aromatic rings. The molecule has 2 aromatic heterocycles. The van der Waals surface area contributed by atoms with Crippen molar-refractivity contribution in [3.05, 3.63) is 35.8 Å². The van der Waals surface area contributed by atoms with Crippen LogP contribution in [0.2, 0.25) is 0 Å². The minimum absolute atomic E-state index is 0.0357. The first-order chi connectivity index (χ1) is 13.6. The van der Waals surface area contributed by atoms with Gasteiger partial charge in [-0.15, -0.1) is 0 Å². The highest BCUT2D eigenvalue weighted by Gasteiger charge is 2.26. The second kappa shape index (κ2) is 8.20. The van der Waals surface area contributed by atoms with Crippen molar-refractivity contribution in [2.75, 3.05) is 13.1 Å². The zero-order chi connectivity index (χ0) is 19.5. The number of aryl methyl sites for hydroxylation is 1. The fourth-order valence-electron chi connectivity index (χ4n) is 4.24. The van der Waals surface area contributed by atoms with Crippen molar-refractivity contribution < 1.29 is 9.59 Å². The molecule has 1 aliphatic carbocycles. The van der Waals surface area contributed by atoms with E-state index < -0.39 is 0 Å². The third kappa shape index (κ3) is 4.29. The second-order valence-corrected chi connectivity index (χ2v) is 8.11. The number of nitrogens with zero attached hydrogens (tertiary/aromatic N) is 3. The van der Waals surface area contributed by atoms with Gasteiger partial charge in [0.15, 0.2) is 0 Å². The molecule has 1 saturated carbocycles. The molecule has 0 spiro atoms. The molecule has 7 heteroatoms. The highest BCUT2D eigenvalue weighted by atomic mass is 16.2. The third-order valence-corrected chi connectivity index (χ3v) is 5.89. The smallest absolute Gasteiger partial charge is 0.315 e. The van der Waals surface area contributed by atoms with Crippen LogP contribution >= 0.6 is 0 Å². The predicted octanol–water partition coefficient (Wildman–Crippen LogP) is 2.88.